The standard InChI is InChI=1S/C11H21NO3S/c13-11-3-1-2-10(11)8-12-16(14,15)7-6-9-4-5-9/h9-13H,1-8H2. The Morgan fingerprint density at radius 1 is 1.19 bits per heavy atom. The van der Waals surface area contributed by atoms with Crippen molar-refractivity contribution in [3.63, 3.8) is 0 Å². The second-order valence-corrected chi connectivity index (χ2v) is 7.08. The molecule has 0 aliphatic heterocycles. The minimum atomic E-state index is -3.11. The second kappa shape index (κ2) is 5.02. The van der Waals surface area contributed by atoms with Gasteiger partial charge in [-0.25, -0.2) is 13.1 Å². The van der Waals surface area contributed by atoms with E-state index in [-0.39, 0.29) is 17.8 Å². The maximum Gasteiger partial charge on any atom is 0.211 e. The summed E-state index contributed by atoms with van der Waals surface area (Å²) in [5.74, 6) is 1.02. The van der Waals surface area contributed by atoms with Gasteiger partial charge in [0.1, 0.15) is 0 Å². The molecule has 2 rings (SSSR count). The maximum absolute atomic E-state index is 11.6. The van der Waals surface area contributed by atoms with E-state index in [1.165, 1.54) is 12.8 Å². The lowest BCUT2D eigenvalue weighted by Crippen LogP contribution is -2.34. The molecule has 2 fully saturated rings. The van der Waals surface area contributed by atoms with Crippen molar-refractivity contribution in [3.05, 3.63) is 0 Å². The summed E-state index contributed by atoms with van der Waals surface area (Å²) < 4.78 is 25.9. The molecular weight excluding hydrogens is 226 g/mol. The summed E-state index contributed by atoms with van der Waals surface area (Å²) in [6.07, 6.45) is 5.62. The number of aliphatic hydroxyl groups is 1. The average molecular weight is 247 g/mol. The van der Waals surface area contributed by atoms with E-state index in [4.69, 9.17) is 0 Å². The van der Waals surface area contributed by atoms with Crippen LogP contribution in [0, 0.1) is 11.8 Å². The quantitative estimate of drug-likeness (QED) is 0.732. The van der Waals surface area contributed by atoms with Gasteiger partial charge in [0.25, 0.3) is 0 Å². The maximum atomic E-state index is 11.6. The zero-order valence-electron chi connectivity index (χ0n) is 9.56. The zero-order chi connectivity index (χ0) is 11.6. The van der Waals surface area contributed by atoms with E-state index in [1.54, 1.807) is 0 Å². The Kier molecular flexibility index (Phi) is 3.87. The van der Waals surface area contributed by atoms with E-state index in [9.17, 15) is 13.5 Å². The van der Waals surface area contributed by atoms with Crippen molar-refractivity contribution in [2.75, 3.05) is 12.3 Å². The van der Waals surface area contributed by atoms with Crippen molar-refractivity contribution in [1.29, 1.82) is 0 Å². The van der Waals surface area contributed by atoms with Crippen LogP contribution in [0.25, 0.3) is 0 Å². The molecule has 0 saturated heterocycles. The fourth-order valence-electron chi connectivity index (χ4n) is 2.29. The highest BCUT2D eigenvalue weighted by molar-refractivity contribution is 7.89. The Morgan fingerprint density at radius 2 is 1.94 bits per heavy atom. The largest absolute Gasteiger partial charge is 0.393 e. The summed E-state index contributed by atoms with van der Waals surface area (Å²) in [7, 11) is -3.11. The van der Waals surface area contributed by atoms with E-state index < -0.39 is 10.0 Å². The summed E-state index contributed by atoms with van der Waals surface area (Å²) in [6, 6.07) is 0. The molecular formula is C11H21NO3S. The first-order valence-electron chi connectivity index (χ1n) is 6.22. The van der Waals surface area contributed by atoms with Gasteiger partial charge >= 0.3 is 0 Å². The van der Waals surface area contributed by atoms with Crippen LogP contribution in [0.2, 0.25) is 0 Å². The van der Waals surface area contributed by atoms with Gasteiger partial charge < -0.3 is 5.11 Å². The Hall–Kier alpha value is -0.130. The summed E-state index contributed by atoms with van der Waals surface area (Å²) in [6.45, 7) is 0.411. The highest BCUT2D eigenvalue weighted by Crippen LogP contribution is 2.32. The van der Waals surface area contributed by atoms with Crippen LogP contribution in [0.3, 0.4) is 0 Å². The molecule has 0 amide bonds. The van der Waals surface area contributed by atoms with Crippen LogP contribution in [0.15, 0.2) is 0 Å². The lowest BCUT2D eigenvalue weighted by Gasteiger charge is -2.15. The summed E-state index contributed by atoms with van der Waals surface area (Å²) in [5.41, 5.74) is 0. The lowest BCUT2D eigenvalue weighted by atomic mass is 10.1. The SMILES string of the molecule is O=S(=O)(CCC1CC1)NCC1CCCC1O. The van der Waals surface area contributed by atoms with Crippen molar-refractivity contribution in [1.82, 2.24) is 4.72 Å². The van der Waals surface area contributed by atoms with E-state index in [1.807, 2.05) is 0 Å². The highest BCUT2D eigenvalue weighted by atomic mass is 32.2. The van der Waals surface area contributed by atoms with Gasteiger partial charge in [0.15, 0.2) is 0 Å². The van der Waals surface area contributed by atoms with Gasteiger partial charge in [-0.3, -0.25) is 0 Å². The smallest absolute Gasteiger partial charge is 0.211 e. The molecule has 2 aliphatic rings. The van der Waals surface area contributed by atoms with Crippen molar-refractivity contribution in [2.45, 2.75) is 44.6 Å². The molecule has 16 heavy (non-hydrogen) atoms. The molecule has 2 unspecified atom stereocenters. The molecule has 2 atom stereocenters. The third kappa shape index (κ3) is 3.71. The Bertz CT molecular complexity index is 324. The molecule has 94 valence electrons. The van der Waals surface area contributed by atoms with Crippen LogP contribution in [0.1, 0.15) is 38.5 Å². The summed E-state index contributed by atoms with van der Waals surface area (Å²) in [4.78, 5) is 0. The number of aliphatic hydroxyl groups excluding tert-OH is 1. The van der Waals surface area contributed by atoms with Crippen LogP contribution in [0.5, 0.6) is 0 Å². The third-order valence-corrected chi connectivity index (χ3v) is 5.06. The van der Waals surface area contributed by atoms with Crippen molar-refractivity contribution >= 4 is 10.0 Å². The number of nitrogens with one attached hydrogen (secondary N) is 1. The molecule has 4 nitrogen and oxygen atoms in total. The highest BCUT2D eigenvalue weighted by Gasteiger charge is 2.27. The first-order chi connectivity index (χ1) is 7.57. The van der Waals surface area contributed by atoms with E-state index >= 15 is 0 Å². The molecule has 5 heteroatoms. The van der Waals surface area contributed by atoms with Gasteiger partial charge in [-0.15, -0.1) is 0 Å². The molecule has 2 saturated carbocycles. The minimum absolute atomic E-state index is 0.121. The number of rotatable bonds is 6. The fourth-order valence-corrected chi connectivity index (χ4v) is 3.55. The molecule has 2 aliphatic carbocycles. The van der Waals surface area contributed by atoms with Gasteiger partial charge in [-0.2, -0.15) is 0 Å². The van der Waals surface area contributed by atoms with Gasteiger partial charge in [-0.1, -0.05) is 19.3 Å². The molecule has 0 bridgehead atoms. The molecule has 0 spiro atoms. The topological polar surface area (TPSA) is 66.4 Å². The Morgan fingerprint density at radius 3 is 2.50 bits per heavy atom. The van der Waals surface area contributed by atoms with Gasteiger partial charge in [0, 0.05) is 6.54 Å². The zero-order valence-corrected chi connectivity index (χ0v) is 10.4. The number of hydrogen-bond donors (Lipinski definition) is 2. The fraction of sp³-hybridized carbons (Fsp3) is 1.00. The normalized spacial score (nSPS) is 30.8. The van der Waals surface area contributed by atoms with Crippen LogP contribution >= 0.6 is 0 Å². The van der Waals surface area contributed by atoms with Crippen LogP contribution < -0.4 is 4.72 Å². The predicted octanol–water partition coefficient (Wildman–Crippen LogP) is 0.867. The minimum Gasteiger partial charge on any atom is -0.393 e. The Balaban J connectivity index is 1.70. The van der Waals surface area contributed by atoms with Crippen molar-refractivity contribution in [2.24, 2.45) is 11.8 Å². The van der Waals surface area contributed by atoms with Crippen molar-refractivity contribution in [3.8, 4) is 0 Å². The van der Waals surface area contributed by atoms with E-state index in [0.717, 1.165) is 25.7 Å². The lowest BCUT2D eigenvalue weighted by molar-refractivity contribution is 0.134. The van der Waals surface area contributed by atoms with E-state index in [2.05, 4.69) is 4.72 Å². The van der Waals surface area contributed by atoms with Crippen molar-refractivity contribution < 1.29 is 13.5 Å². The average Bonchev–Trinajstić information content (AvgIpc) is 2.97. The molecule has 0 heterocycles. The second-order valence-electron chi connectivity index (χ2n) is 5.16. The third-order valence-electron chi connectivity index (χ3n) is 3.68. The van der Waals surface area contributed by atoms with Gasteiger partial charge in [-0.05, 0) is 31.1 Å². The summed E-state index contributed by atoms with van der Waals surface area (Å²) in [5, 5.41) is 9.58. The number of sulfonamides is 1. The monoisotopic (exact) mass is 247 g/mol. The summed E-state index contributed by atoms with van der Waals surface area (Å²) >= 11 is 0. The predicted molar refractivity (Wildman–Crippen MR) is 62.5 cm³/mol. The van der Waals surface area contributed by atoms with E-state index in [0.29, 0.717) is 12.5 Å². The van der Waals surface area contributed by atoms with Gasteiger partial charge in [0.2, 0.25) is 10.0 Å². The first kappa shape index (κ1) is 12.3. The molecule has 0 aromatic heterocycles. The number of hydrogen-bond acceptors (Lipinski definition) is 3. The molecule has 2 N–H and O–H groups in total. The van der Waals surface area contributed by atoms with Crippen LogP contribution in [-0.4, -0.2) is 31.9 Å². The Labute approximate surface area is 97.5 Å². The molecule has 0 radical (unpaired) electrons. The van der Waals surface area contributed by atoms with Crippen LogP contribution in [0.4, 0.5) is 0 Å². The molecule has 0 aromatic carbocycles. The molecule has 0 aromatic rings. The van der Waals surface area contributed by atoms with Crippen LogP contribution in [-0.2, 0) is 10.0 Å². The van der Waals surface area contributed by atoms with Gasteiger partial charge in [0.05, 0.1) is 11.9 Å². The first-order valence-corrected chi connectivity index (χ1v) is 7.87.